The predicted octanol–water partition coefficient (Wildman–Crippen LogP) is 1.17. The molecular weight excluding hydrogens is 196 g/mol. The summed E-state index contributed by atoms with van der Waals surface area (Å²) in [4.78, 5) is 22.1. The van der Waals surface area contributed by atoms with Crippen molar-refractivity contribution in [3.63, 3.8) is 0 Å². The van der Waals surface area contributed by atoms with E-state index in [1.165, 1.54) is 0 Å². The van der Waals surface area contributed by atoms with Crippen LogP contribution in [0.15, 0.2) is 30.3 Å². The lowest BCUT2D eigenvalue weighted by Gasteiger charge is -2.03. The average molecular weight is 206 g/mol. The monoisotopic (exact) mass is 206 g/mol. The number of hydrogen-bond acceptors (Lipinski definition) is 3. The van der Waals surface area contributed by atoms with Crippen LogP contribution in [0, 0.1) is 0 Å². The molecule has 0 aliphatic carbocycles. The molecule has 4 heteroatoms. The maximum absolute atomic E-state index is 11.4. The number of hydrogen-bond donors (Lipinski definition) is 1. The molecule has 0 unspecified atom stereocenters. The third kappa shape index (κ3) is 1.83. The first-order valence-electron chi connectivity index (χ1n) is 4.66. The van der Waals surface area contributed by atoms with Gasteiger partial charge >= 0.3 is 11.9 Å². The second-order valence-electron chi connectivity index (χ2n) is 3.46. The number of aliphatic carboxylic acids is 1. The Morgan fingerprint density at radius 1 is 1.33 bits per heavy atom. The van der Waals surface area contributed by atoms with Gasteiger partial charge < -0.3 is 9.84 Å². The molecule has 15 heavy (non-hydrogen) atoms. The van der Waals surface area contributed by atoms with Crippen molar-refractivity contribution in [3.05, 3.63) is 35.9 Å². The number of carbonyl (C=O) groups excluding carboxylic acids is 1. The number of carboxylic acids is 1. The summed E-state index contributed by atoms with van der Waals surface area (Å²) < 4.78 is 4.75. The zero-order valence-corrected chi connectivity index (χ0v) is 7.92. The normalized spacial score (nSPS) is 24.9. The SMILES string of the molecule is O=C1O[C@@H](C(=O)O)C[C@H]1c1ccccc1. The fourth-order valence-corrected chi connectivity index (χ4v) is 1.69. The first-order chi connectivity index (χ1) is 7.18. The van der Waals surface area contributed by atoms with Crippen molar-refractivity contribution in [2.45, 2.75) is 18.4 Å². The number of esters is 1. The van der Waals surface area contributed by atoms with E-state index in [0.717, 1.165) is 5.56 Å². The molecule has 0 saturated carbocycles. The van der Waals surface area contributed by atoms with Crippen molar-refractivity contribution >= 4 is 11.9 Å². The lowest BCUT2D eigenvalue weighted by atomic mass is 9.96. The summed E-state index contributed by atoms with van der Waals surface area (Å²) in [5.74, 6) is -1.97. The summed E-state index contributed by atoms with van der Waals surface area (Å²) in [6.07, 6.45) is -0.777. The third-order valence-corrected chi connectivity index (χ3v) is 2.47. The van der Waals surface area contributed by atoms with Crippen LogP contribution in [-0.2, 0) is 14.3 Å². The zero-order valence-electron chi connectivity index (χ0n) is 7.92. The van der Waals surface area contributed by atoms with E-state index in [0.29, 0.717) is 0 Å². The van der Waals surface area contributed by atoms with Gasteiger partial charge in [-0.15, -0.1) is 0 Å². The van der Waals surface area contributed by atoms with Crippen LogP contribution in [0.4, 0.5) is 0 Å². The second kappa shape index (κ2) is 3.73. The van der Waals surface area contributed by atoms with Gasteiger partial charge in [0.1, 0.15) is 0 Å². The molecule has 1 aromatic carbocycles. The van der Waals surface area contributed by atoms with E-state index in [-0.39, 0.29) is 6.42 Å². The first kappa shape index (κ1) is 9.71. The Morgan fingerprint density at radius 3 is 2.53 bits per heavy atom. The number of carbonyl (C=O) groups is 2. The number of benzene rings is 1. The molecule has 1 aliphatic heterocycles. The minimum Gasteiger partial charge on any atom is -0.479 e. The molecule has 1 saturated heterocycles. The number of cyclic esters (lactones) is 1. The third-order valence-electron chi connectivity index (χ3n) is 2.47. The van der Waals surface area contributed by atoms with Crippen molar-refractivity contribution in [2.24, 2.45) is 0 Å². The Balaban J connectivity index is 2.19. The largest absolute Gasteiger partial charge is 0.479 e. The van der Waals surface area contributed by atoms with Gasteiger partial charge in [0, 0.05) is 6.42 Å². The van der Waals surface area contributed by atoms with E-state index >= 15 is 0 Å². The van der Waals surface area contributed by atoms with Crippen LogP contribution in [0.3, 0.4) is 0 Å². The molecule has 0 aromatic heterocycles. The van der Waals surface area contributed by atoms with Gasteiger partial charge in [-0.25, -0.2) is 4.79 Å². The molecule has 0 spiro atoms. The molecule has 1 aliphatic rings. The number of rotatable bonds is 2. The van der Waals surface area contributed by atoms with Crippen LogP contribution in [0.2, 0.25) is 0 Å². The maximum atomic E-state index is 11.4. The molecule has 4 nitrogen and oxygen atoms in total. The van der Waals surface area contributed by atoms with Crippen molar-refractivity contribution in [2.75, 3.05) is 0 Å². The quantitative estimate of drug-likeness (QED) is 0.738. The van der Waals surface area contributed by atoms with Crippen LogP contribution < -0.4 is 0 Å². The van der Waals surface area contributed by atoms with Gasteiger partial charge in [-0.3, -0.25) is 4.79 Å². The van der Waals surface area contributed by atoms with E-state index in [4.69, 9.17) is 9.84 Å². The van der Waals surface area contributed by atoms with Gasteiger partial charge in [-0.2, -0.15) is 0 Å². The summed E-state index contributed by atoms with van der Waals surface area (Å²) in [5, 5.41) is 8.72. The molecule has 0 bridgehead atoms. The van der Waals surface area contributed by atoms with E-state index in [2.05, 4.69) is 0 Å². The van der Waals surface area contributed by atoms with Crippen LogP contribution in [0.1, 0.15) is 17.9 Å². The molecule has 1 fully saturated rings. The molecule has 0 radical (unpaired) electrons. The van der Waals surface area contributed by atoms with E-state index in [1.807, 2.05) is 18.2 Å². The highest BCUT2D eigenvalue weighted by atomic mass is 16.6. The van der Waals surface area contributed by atoms with Crippen LogP contribution in [0.5, 0.6) is 0 Å². The first-order valence-corrected chi connectivity index (χ1v) is 4.66. The molecule has 0 amide bonds. The molecule has 2 atom stereocenters. The highest BCUT2D eigenvalue weighted by Crippen LogP contribution is 2.30. The Morgan fingerprint density at radius 2 is 2.00 bits per heavy atom. The van der Waals surface area contributed by atoms with Crippen LogP contribution >= 0.6 is 0 Å². The van der Waals surface area contributed by atoms with Crippen molar-refractivity contribution < 1.29 is 19.4 Å². The zero-order chi connectivity index (χ0) is 10.8. The molecule has 1 aromatic rings. The number of ether oxygens (including phenoxy) is 1. The Kier molecular flexibility index (Phi) is 2.41. The van der Waals surface area contributed by atoms with Crippen molar-refractivity contribution in [3.8, 4) is 0 Å². The fraction of sp³-hybridized carbons (Fsp3) is 0.273. The Hall–Kier alpha value is -1.84. The molecule has 1 N–H and O–H groups in total. The Bertz CT molecular complexity index is 385. The molecule has 2 rings (SSSR count). The van der Waals surface area contributed by atoms with Gasteiger partial charge in [0.25, 0.3) is 0 Å². The van der Waals surface area contributed by atoms with Crippen LogP contribution in [0.25, 0.3) is 0 Å². The Labute approximate surface area is 86.5 Å². The highest BCUT2D eigenvalue weighted by Gasteiger charge is 2.39. The van der Waals surface area contributed by atoms with Gasteiger partial charge in [-0.1, -0.05) is 30.3 Å². The van der Waals surface area contributed by atoms with E-state index in [1.54, 1.807) is 12.1 Å². The maximum Gasteiger partial charge on any atom is 0.345 e. The van der Waals surface area contributed by atoms with Gasteiger partial charge in [0.05, 0.1) is 5.92 Å². The average Bonchev–Trinajstić information content (AvgIpc) is 2.62. The lowest BCUT2D eigenvalue weighted by molar-refractivity contribution is -0.157. The summed E-state index contributed by atoms with van der Waals surface area (Å²) >= 11 is 0. The number of carboxylic acid groups (broad SMARTS) is 1. The highest BCUT2D eigenvalue weighted by molar-refractivity contribution is 5.86. The lowest BCUT2D eigenvalue weighted by Crippen LogP contribution is -2.18. The van der Waals surface area contributed by atoms with Gasteiger partial charge in [0.15, 0.2) is 6.10 Å². The molecular formula is C11H10O4. The standard InChI is InChI=1S/C11H10O4/c12-10(13)9-6-8(11(14)15-9)7-4-2-1-3-5-7/h1-5,8-9H,6H2,(H,12,13)/t8-,9+/m0/s1. The van der Waals surface area contributed by atoms with Crippen LogP contribution in [-0.4, -0.2) is 23.1 Å². The summed E-state index contributed by atoms with van der Waals surface area (Å²) in [5.41, 5.74) is 0.811. The topological polar surface area (TPSA) is 63.6 Å². The summed E-state index contributed by atoms with van der Waals surface area (Å²) in [6.45, 7) is 0. The molecule has 1 heterocycles. The van der Waals surface area contributed by atoms with E-state index in [9.17, 15) is 9.59 Å². The summed E-state index contributed by atoms with van der Waals surface area (Å²) in [7, 11) is 0. The fourth-order valence-electron chi connectivity index (χ4n) is 1.69. The smallest absolute Gasteiger partial charge is 0.345 e. The minimum absolute atomic E-state index is 0.220. The van der Waals surface area contributed by atoms with Gasteiger partial charge in [0.2, 0.25) is 0 Å². The van der Waals surface area contributed by atoms with Crippen molar-refractivity contribution in [1.82, 2.24) is 0 Å². The second-order valence-corrected chi connectivity index (χ2v) is 3.46. The molecule has 78 valence electrons. The minimum atomic E-state index is -1.08. The van der Waals surface area contributed by atoms with E-state index < -0.39 is 24.0 Å². The summed E-state index contributed by atoms with van der Waals surface area (Å²) in [6, 6.07) is 9.08. The predicted molar refractivity (Wildman–Crippen MR) is 51.3 cm³/mol. The van der Waals surface area contributed by atoms with Crippen molar-refractivity contribution in [1.29, 1.82) is 0 Å². The van der Waals surface area contributed by atoms with Gasteiger partial charge in [-0.05, 0) is 5.56 Å².